The molecule has 0 aromatic carbocycles. The summed E-state index contributed by atoms with van der Waals surface area (Å²) < 4.78 is 26.3. The predicted octanol–water partition coefficient (Wildman–Crippen LogP) is -3.20. The van der Waals surface area contributed by atoms with E-state index in [1.165, 1.54) is 0 Å². The Kier molecular flexibility index (Phi) is 4.37. The van der Waals surface area contributed by atoms with Crippen LogP contribution in [0.5, 0.6) is 0 Å². The molecule has 5 N–H and O–H groups in total. The van der Waals surface area contributed by atoms with Crippen LogP contribution in [0.25, 0.3) is 0 Å². The quantitative estimate of drug-likeness (QED) is 0.342. The molecule has 6 atom stereocenters. The number of aliphatic hydroxyl groups excluding tert-OH is 2. The second-order valence-electron chi connectivity index (χ2n) is 5.42. The van der Waals surface area contributed by atoms with E-state index in [2.05, 4.69) is 0 Å². The second kappa shape index (κ2) is 6.65. The van der Waals surface area contributed by atoms with Crippen LogP contribution in [0.2, 0.25) is 0 Å². The van der Waals surface area contributed by atoms with Crippen LogP contribution in [0.1, 0.15) is 31.7 Å². The lowest BCUT2D eigenvalue weighted by molar-refractivity contribution is -0.313. The molecule has 0 spiro atoms. The zero-order chi connectivity index (χ0) is 21.2. The highest BCUT2D eigenvalue weighted by Gasteiger charge is 2.71. The Labute approximate surface area is 141 Å². The van der Waals surface area contributed by atoms with Gasteiger partial charge in [-0.2, -0.15) is 0 Å². The molecule has 2 unspecified atom stereocenters. The smallest absolute Gasteiger partial charge is 0.217 e. The number of rotatable bonds is 5. The van der Waals surface area contributed by atoms with Crippen molar-refractivity contribution in [1.29, 1.82) is 0 Å². The first-order valence-corrected chi connectivity index (χ1v) is 6.63. The number of carbonyl (C=O) groups excluding carboxylic acids is 4. The molecule has 0 aromatic rings. The first kappa shape index (κ1) is 15.8. The highest BCUT2D eigenvalue weighted by atomic mass is 16.6. The van der Waals surface area contributed by atoms with E-state index >= 15 is 0 Å². The fraction of sp³-hybridized carbons (Fsp3) is 0.714. The molecule has 1 amide bonds. The van der Waals surface area contributed by atoms with Gasteiger partial charge in [-0.1, -0.05) is 0 Å². The summed E-state index contributed by atoms with van der Waals surface area (Å²) in [6.07, 6.45) is -7.15. The number of amides is 1. The van der Waals surface area contributed by atoms with E-state index in [4.69, 9.17) is 8.85 Å². The zero-order valence-corrected chi connectivity index (χ0v) is 12.8. The van der Waals surface area contributed by atoms with Gasteiger partial charge in [-0.05, 0) is 20.7 Å². The van der Waals surface area contributed by atoms with E-state index in [0.29, 0.717) is 0 Å². The summed E-state index contributed by atoms with van der Waals surface area (Å²) in [6, 6.07) is -2.15. The van der Waals surface area contributed by atoms with E-state index in [9.17, 15) is 39.6 Å². The highest BCUT2D eigenvalue weighted by Crippen LogP contribution is 2.40. The van der Waals surface area contributed by atoms with Crippen LogP contribution in [0.4, 0.5) is 0 Å². The molecule has 0 bridgehead atoms. The number of ether oxygens (including phenoxy) is 1. The third-order valence-electron chi connectivity index (χ3n) is 3.84. The first-order valence-electron chi connectivity index (χ1n) is 8.75. The fourth-order valence-corrected chi connectivity index (χ4v) is 2.61. The Morgan fingerprint density at radius 2 is 1.67 bits per heavy atom. The molecule has 1 saturated heterocycles. The summed E-state index contributed by atoms with van der Waals surface area (Å²) in [6.45, 7) is -2.56. The molecule has 0 aromatic heterocycles. The Balaban J connectivity index is 3.74. The molecule has 1 rings (SSSR count). The van der Waals surface area contributed by atoms with E-state index in [1.807, 2.05) is 5.32 Å². The minimum atomic E-state index is -3.47. The lowest BCUT2D eigenvalue weighted by atomic mass is 9.66. The van der Waals surface area contributed by atoms with E-state index < -0.39 is 79.7 Å². The maximum absolute atomic E-state index is 12.3. The van der Waals surface area contributed by atoms with Crippen molar-refractivity contribution in [3.8, 4) is 0 Å². The molecular formula is C14H21NO9. The maximum Gasteiger partial charge on any atom is 0.217 e. The lowest BCUT2D eigenvalue weighted by Gasteiger charge is -2.54. The second-order valence-corrected chi connectivity index (χ2v) is 5.42. The average molecular weight is 350 g/mol. The van der Waals surface area contributed by atoms with Crippen molar-refractivity contribution in [2.45, 2.75) is 63.4 Å². The van der Waals surface area contributed by atoms with Gasteiger partial charge in [0.2, 0.25) is 5.91 Å². The summed E-state index contributed by atoms with van der Waals surface area (Å²) in [7, 11) is 0. The van der Waals surface area contributed by atoms with Crippen molar-refractivity contribution in [2.75, 3.05) is 0 Å². The van der Waals surface area contributed by atoms with Crippen LogP contribution < -0.4 is 5.32 Å². The van der Waals surface area contributed by atoms with Crippen molar-refractivity contribution in [1.82, 2.24) is 5.32 Å². The standard InChI is InChI=1S/C14H21NO9/c1-5(16)9(20)11-14(23,7(3)18)13(22,6(2)17)10(12(21)24-11)15-8(4)19/h9-12,20-23H,1-4H3,(H,15,19)/t9?,10-,11+,12?,13+,14+/m0/s1/i1D,2D,3D. The Bertz CT molecular complexity index is 633. The van der Waals surface area contributed by atoms with Gasteiger partial charge >= 0.3 is 0 Å². The average Bonchev–Trinajstić information content (AvgIpc) is 2.64. The molecule has 0 saturated carbocycles. The molecule has 24 heavy (non-hydrogen) atoms. The molecule has 1 heterocycles. The molecule has 10 heteroatoms. The molecule has 1 fully saturated rings. The van der Waals surface area contributed by atoms with Gasteiger partial charge in [0.15, 0.2) is 34.8 Å². The topological polar surface area (TPSA) is 170 Å². The highest BCUT2D eigenvalue weighted by molar-refractivity contribution is 6.00. The summed E-state index contributed by atoms with van der Waals surface area (Å²) in [5, 5.41) is 44.0. The minimum Gasteiger partial charge on any atom is -0.382 e. The molecule has 1 aliphatic heterocycles. The Morgan fingerprint density at radius 3 is 2.12 bits per heavy atom. The number of aliphatic hydroxyl groups is 4. The summed E-state index contributed by atoms with van der Waals surface area (Å²) in [4.78, 5) is 47.8. The van der Waals surface area contributed by atoms with Gasteiger partial charge in [0, 0.05) is 11.0 Å². The van der Waals surface area contributed by atoms with Crippen molar-refractivity contribution in [2.24, 2.45) is 0 Å². The van der Waals surface area contributed by atoms with Crippen LogP contribution in [0, 0.1) is 0 Å². The third kappa shape index (κ3) is 2.87. The molecule has 136 valence electrons. The van der Waals surface area contributed by atoms with Crippen LogP contribution >= 0.6 is 0 Å². The van der Waals surface area contributed by atoms with Gasteiger partial charge in [-0.25, -0.2) is 0 Å². The largest absolute Gasteiger partial charge is 0.382 e. The molecular weight excluding hydrogens is 326 g/mol. The van der Waals surface area contributed by atoms with Crippen LogP contribution in [0.15, 0.2) is 0 Å². The van der Waals surface area contributed by atoms with Crippen molar-refractivity contribution in [3.05, 3.63) is 0 Å². The Morgan fingerprint density at radius 1 is 1.12 bits per heavy atom. The van der Waals surface area contributed by atoms with Gasteiger partial charge in [-0.3, -0.25) is 19.2 Å². The third-order valence-corrected chi connectivity index (χ3v) is 3.84. The zero-order valence-electron chi connectivity index (χ0n) is 15.8. The predicted molar refractivity (Wildman–Crippen MR) is 76.4 cm³/mol. The number of ketones is 3. The first-order chi connectivity index (χ1) is 12.4. The lowest BCUT2D eigenvalue weighted by Crippen LogP contribution is -2.83. The van der Waals surface area contributed by atoms with Crippen molar-refractivity contribution in [3.63, 3.8) is 0 Å². The number of nitrogens with one attached hydrogen (secondary N) is 1. The maximum atomic E-state index is 12.3. The van der Waals surface area contributed by atoms with Gasteiger partial charge < -0.3 is 30.5 Å². The van der Waals surface area contributed by atoms with Gasteiger partial charge in [0.1, 0.15) is 18.2 Å². The van der Waals surface area contributed by atoms with Crippen molar-refractivity contribution >= 4 is 23.3 Å². The minimum absolute atomic E-state index is 0.916. The van der Waals surface area contributed by atoms with E-state index in [-0.39, 0.29) is 0 Å². The van der Waals surface area contributed by atoms with E-state index in [1.54, 1.807) is 0 Å². The molecule has 10 nitrogen and oxygen atoms in total. The summed E-state index contributed by atoms with van der Waals surface area (Å²) >= 11 is 0. The van der Waals surface area contributed by atoms with Crippen molar-refractivity contribution < 1.29 is 48.5 Å². The van der Waals surface area contributed by atoms with E-state index in [0.717, 1.165) is 6.92 Å². The van der Waals surface area contributed by atoms with Gasteiger partial charge in [0.25, 0.3) is 0 Å². The summed E-state index contributed by atoms with van der Waals surface area (Å²) in [5.41, 5.74) is -6.87. The molecule has 1 aliphatic rings. The molecule has 0 radical (unpaired) electrons. The fourth-order valence-electron chi connectivity index (χ4n) is 2.61. The SMILES string of the molecule is [2H]CC(=O)C(O)[C@H]1OC(O)[C@H](NC(C)=O)[C@](O)(C(=O)C[2H])[C@@]1(O)C(=O)C[2H]. The Hall–Kier alpha value is -1.72. The van der Waals surface area contributed by atoms with Gasteiger partial charge in [-0.15, -0.1) is 0 Å². The summed E-state index contributed by atoms with van der Waals surface area (Å²) in [5.74, 6) is -5.30. The molecule has 0 aliphatic carbocycles. The van der Waals surface area contributed by atoms with Crippen LogP contribution in [-0.4, -0.2) is 79.4 Å². The monoisotopic (exact) mass is 350 g/mol. The number of hydrogen-bond donors (Lipinski definition) is 5. The number of Topliss-reactive ketones (excluding diaryl/α,β-unsaturated/α-hetero) is 3. The normalized spacial score (nSPS) is 39.0. The number of carbonyl (C=O) groups is 4. The number of hydrogen-bond acceptors (Lipinski definition) is 9. The van der Waals surface area contributed by atoms with Crippen LogP contribution in [0.3, 0.4) is 0 Å². The van der Waals surface area contributed by atoms with Crippen LogP contribution in [-0.2, 0) is 23.9 Å². The van der Waals surface area contributed by atoms with Gasteiger partial charge in [0.05, 0.1) is 0 Å².